The smallest absolute Gasteiger partial charge is 0.264 e. The molecule has 0 radical (unpaired) electrons. The topological polar surface area (TPSA) is 108 Å². The van der Waals surface area contributed by atoms with Crippen LogP contribution in [0.25, 0.3) is 0 Å². The summed E-state index contributed by atoms with van der Waals surface area (Å²) in [6.45, 7) is 7.34. The summed E-state index contributed by atoms with van der Waals surface area (Å²) >= 11 is 0. The number of ether oxygens (including phenoxy) is 2. The van der Waals surface area contributed by atoms with Crippen molar-refractivity contribution in [3.8, 4) is 5.75 Å². The Hall–Kier alpha value is -5.55. The van der Waals surface area contributed by atoms with Crippen molar-refractivity contribution in [3.63, 3.8) is 0 Å². The van der Waals surface area contributed by atoms with E-state index in [-0.39, 0.29) is 48.3 Å². The maximum atomic E-state index is 15.2. The van der Waals surface area contributed by atoms with Crippen LogP contribution in [-0.2, 0) is 39.4 Å². The Labute approximate surface area is 335 Å². The van der Waals surface area contributed by atoms with Gasteiger partial charge >= 0.3 is 0 Å². The first-order chi connectivity index (χ1) is 27.5. The molecule has 9 nitrogen and oxygen atoms in total. The summed E-state index contributed by atoms with van der Waals surface area (Å²) in [4.78, 5) is 46.2. The first-order valence-corrected chi connectivity index (χ1v) is 22.8. The SMILES string of the molecule is COc1ccc([Si](C)(C)[C@H]2[C@H](CC(=O)N3Cc4ccccc4C[C@H]3CO)O[C@@]3(C(=O)N(Cc4ccc(NC(=O)c5ccccc5)cc4)c4ccccc43)[C@@H]2C)cc1. The van der Waals surface area contributed by atoms with Crippen LogP contribution in [0.3, 0.4) is 0 Å². The Bertz CT molecular complexity index is 2280. The highest BCUT2D eigenvalue weighted by Gasteiger charge is 2.66. The Morgan fingerprint density at radius 3 is 2.25 bits per heavy atom. The standard InChI is InChI=1S/C47H49N3O6Si/c1-31-44(57(3,4)39-24-22-38(55-2)23-25-39)42(27-43(52)49-29-35-15-9-8-14-34(35)26-37(49)30-51)56-47(31)40-16-10-11-17-41(40)50(46(47)54)28-32-18-20-36(21-19-32)48-45(53)33-12-6-5-7-13-33/h5-25,31,37,42,44,51H,26-30H2,1-4H3,(H,48,53)/t31-,37+,42+,44-,47+/m1/s1. The molecule has 3 heterocycles. The molecule has 0 unspecified atom stereocenters. The molecule has 1 fully saturated rings. The molecule has 5 aromatic carbocycles. The van der Waals surface area contributed by atoms with Gasteiger partial charge in [-0.1, -0.05) is 110 Å². The van der Waals surface area contributed by atoms with E-state index in [1.807, 2.05) is 107 Å². The molecule has 0 bridgehead atoms. The third kappa shape index (κ3) is 6.85. The molecular weight excluding hydrogens is 731 g/mol. The lowest BCUT2D eigenvalue weighted by molar-refractivity contribution is -0.151. The van der Waals surface area contributed by atoms with Gasteiger partial charge in [0.15, 0.2) is 5.60 Å². The number of nitrogens with zero attached hydrogens (tertiary/aromatic N) is 2. The average molecular weight is 780 g/mol. The van der Waals surface area contributed by atoms with Gasteiger partial charge < -0.3 is 29.7 Å². The monoisotopic (exact) mass is 779 g/mol. The quantitative estimate of drug-likeness (QED) is 0.147. The van der Waals surface area contributed by atoms with Crippen molar-refractivity contribution in [2.45, 2.75) is 69.2 Å². The third-order valence-electron chi connectivity index (χ3n) is 12.6. The van der Waals surface area contributed by atoms with E-state index >= 15 is 4.79 Å². The average Bonchev–Trinajstić information content (AvgIpc) is 3.67. The number of methoxy groups -OCH3 is 1. The van der Waals surface area contributed by atoms with E-state index in [4.69, 9.17) is 9.47 Å². The molecule has 8 rings (SSSR count). The van der Waals surface area contributed by atoms with Gasteiger partial charge in [-0.05, 0) is 71.1 Å². The molecule has 292 valence electrons. The van der Waals surface area contributed by atoms with E-state index < -0.39 is 19.8 Å². The number of nitrogens with one attached hydrogen (secondary N) is 1. The number of hydrogen-bond acceptors (Lipinski definition) is 6. The highest BCUT2D eigenvalue weighted by atomic mass is 28.3. The zero-order chi connectivity index (χ0) is 39.9. The molecule has 1 spiro atoms. The number of fused-ring (bicyclic) bond motifs is 3. The van der Waals surface area contributed by atoms with Gasteiger partial charge in [-0.25, -0.2) is 0 Å². The molecule has 3 aliphatic rings. The van der Waals surface area contributed by atoms with Gasteiger partial charge in [0.1, 0.15) is 5.75 Å². The Morgan fingerprint density at radius 2 is 1.54 bits per heavy atom. The van der Waals surface area contributed by atoms with Crippen LogP contribution >= 0.6 is 0 Å². The molecule has 3 amide bonds. The summed E-state index contributed by atoms with van der Waals surface area (Å²) in [6, 6.07) is 40.5. The molecule has 5 atom stereocenters. The zero-order valence-electron chi connectivity index (χ0n) is 32.9. The van der Waals surface area contributed by atoms with E-state index in [1.165, 1.54) is 5.19 Å². The number of anilines is 2. The third-order valence-corrected chi connectivity index (χ3v) is 17.0. The molecule has 2 N–H and O–H groups in total. The maximum absolute atomic E-state index is 15.2. The summed E-state index contributed by atoms with van der Waals surface area (Å²) in [7, 11) is -0.844. The largest absolute Gasteiger partial charge is 0.497 e. The van der Waals surface area contributed by atoms with Crippen LogP contribution in [0, 0.1) is 5.92 Å². The highest BCUT2D eigenvalue weighted by molar-refractivity contribution is 6.91. The van der Waals surface area contributed by atoms with Crippen molar-refractivity contribution in [2.75, 3.05) is 23.9 Å². The molecule has 0 aliphatic carbocycles. The molecule has 0 saturated carbocycles. The van der Waals surface area contributed by atoms with Crippen LogP contribution in [0.1, 0.15) is 46.0 Å². The number of carbonyl (C=O) groups is 3. The lowest BCUT2D eigenvalue weighted by Gasteiger charge is -2.39. The van der Waals surface area contributed by atoms with Gasteiger partial charge in [0.25, 0.3) is 11.8 Å². The van der Waals surface area contributed by atoms with E-state index in [0.717, 1.165) is 33.7 Å². The molecule has 0 aromatic heterocycles. The van der Waals surface area contributed by atoms with Crippen LogP contribution in [-0.4, -0.2) is 61.7 Å². The van der Waals surface area contributed by atoms with Crippen LogP contribution < -0.4 is 20.1 Å². The molecule has 1 saturated heterocycles. The van der Waals surface area contributed by atoms with Gasteiger partial charge in [-0.3, -0.25) is 14.4 Å². The summed E-state index contributed by atoms with van der Waals surface area (Å²) in [5, 5.41) is 14.6. The normalized spacial score (nSPS) is 22.6. The Balaban J connectivity index is 1.12. The van der Waals surface area contributed by atoms with Crippen molar-refractivity contribution >= 4 is 42.4 Å². The van der Waals surface area contributed by atoms with Crippen LogP contribution in [0.4, 0.5) is 11.4 Å². The Kier molecular flexibility index (Phi) is 10.4. The fraction of sp³-hybridized carbons (Fsp3) is 0.298. The number of aliphatic hydroxyl groups is 1. The van der Waals surface area contributed by atoms with Crippen LogP contribution in [0.5, 0.6) is 5.75 Å². The number of para-hydroxylation sites is 1. The van der Waals surface area contributed by atoms with Crippen LogP contribution in [0.2, 0.25) is 18.6 Å². The van der Waals surface area contributed by atoms with Gasteiger partial charge in [0.2, 0.25) is 5.91 Å². The minimum absolute atomic E-state index is 0.0858. The lowest BCUT2D eigenvalue weighted by Crippen LogP contribution is -2.52. The van der Waals surface area contributed by atoms with Crippen LogP contribution in [0.15, 0.2) is 127 Å². The van der Waals surface area contributed by atoms with Gasteiger partial charge in [0, 0.05) is 29.3 Å². The Morgan fingerprint density at radius 1 is 0.877 bits per heavy atom. The number of benzene rings is 5. The van der Waals surface area contributed by atoms with Crippen molar-refractivity contribution < 1.29 is 29.0 Å². The number of amides is 3. The van der Waals surface area contributed by atoms with Crippen molar-refractivity contribution in [2.24, 2.45) is 5.92 Å². The fourth-order valence-electron chi connectivity index (χ4n) is 9.63. The summed E-state index contributed by atoms with van der Waals surface area (Å²) in [5.74, 6) is 0.0747. The number of hydrogen-bond donors (Lipinski definition) is 2. The van der Waals surface area contributed by atoms with E-state index in [1.54, 1.807) is 19.2 Å². The summed E-state index contributed by atoms with van der Waals surface area (Å²) in [6.07, 6.45) is 0.117. The highest BCUT2D eigenvalue weighted by Crippen LogP contribution is 2.60. The van der Waals surface area contributed by atoms with E-state index in [9.17, 15) is 14.7 Å². The first-order valence-electron chi connectivity index (χ1n) is 19.7. The predicted molar refractivity (Wildman–Crippen MR) is 224 cm³/mol. The number of rotatable bonds is 10. The summed E-state index contributed by atoms with van der Waals surface area (Å²) < 4.78 is 12.8. The van der Waals surface area contributed by atoms with Gasteiger partial charge in [0.05, 0.1) is 52.6 Å². The minimum atomic E-state index is -2.50. The fourth-order valence-corrected chi connectivity index (χ4v) is 13.6. The number of carbonyl (C=O) groups excluding carboxylic acids is 3. The predicted octanol–water partition coefficient (Wildman–Crippen LogP) is 7.05. The molecule has 57 heavy (non-hydrogen) atoms. The second-order valence-corrected chi connectivity index (χ2v) is 20.8. The molecular formula is C47H49N3O6Si. The van der Waals surface area contributed by atoms with E-state index in [2.05, 4.69) is 43.5 Å². The van der Waals surface area contributed by atoms with E-state index in [0.29, 0.717) is 30.8 Å². The number of aliphatic hydroxyl groups excluding tert-OH is 1. The lowest BCUT2D eigenvalue weighted by atomic mass is 9.82. The first kappa shape index (κ1) is 38.3. The summed E-state index contributed by atoms with van der Waals surface area (Å²) in [5.41, 5.74) is 4.54. The van der Waals surface area contributed by atoms with Crippen molar-refractivity contribution in [3.05, 3.63) is 155 Å². The molecule has 10 heteroatoms. The maximum Gasteiger partial charge on any atom is 0.264 e. The molecule has 5 aromatic rings. The second kappa shape index (κ2) is 15.4. The zero-order valence-corrected chi connectivity index (χ0v) is 33.9. The molecule has 3 aliphatic heterocycles. The minimum Gasteiger partial charge on any atom is -0.497 e. The van der Waals surface area contributed by atoms with Crippen molar-refractivity contribution in [1.82, 2.24) is 4.90 Å². The second-order valence-electron chi connectivity index (χ2n) is 16.1. The van der Waals surface area contributed by atoms with Gasteiger partial charge in [-0.2, -0.15) is 0 Å². The van der Waals surface area contributed by atoms with Crippen molar-refractivity contribution in [1.29, 1.82) is 0 Å². The van der Waals surface area contributed by atoms with Gasteiger partial charge in [-0.15, -0.1) is 0 Å².